The number of carbonyl (C=O) groups is 7. The molecule has 0 aromatic heterocycles. The summed E-state index contributed by atoms with van der Waals surface area (Å²) in [5.41, 5.74) is 0.389. The normalized spacial score (nSPS) is 31.7. The van der Waals surface area contributed by atoms with Crippen molar-refractivity contribution in [3.8, 4) is 0 Å². The first-order valence-corrected chi connectivity index (χ1v) is 19.1. The van der Waals surface area contributed by atoms with E-state index in [1.165, 1.54) is 39.5 Å². The number of thioether (sulfide) groups is 1. The summed E-state index contributed by atoms with van der Waals surface area (Å²) < 4.78 is 0. The number of nitrogens with one attached hydrogen (secondary N) is 6. The molecule has 0 radical (unpaired) electrons. The van der Waals surface area contributed by atoms with Gasteiger partial charge in [0.05, 0.1) is 24.4 Å². The first-order valence-electron chi connectivity index (χ1n) is 18.1. The second-order valence-electron chi connectivity index (χ2n) is 14.9. The number of amides is 7. The third-order valence-electron chi connectivity index (χ3n) is 10.2. The van der Waals surface area contributed by atoms with Crippen molar-refractivity contribution in [1.82, 2.24) is 36.8 Å². The SMILES string of the molecule is C[C@@H]1NC(=O)[C@@H]2C[C@@H](O)CN2C(=O)[C@H]2CSC3=C(C[C@H](NC1=O)C(=O)N[C@@H](C[C@@](C)(O)CO)C(=O)N[C@H](C)C(=O)N[C@H]([C@H](C)O)C(=O)N2)c1ccccc1C3. The fourth-order valence-corrected chi connectivity index (χ4v) is 8.24. The lowest BCUT2D eigenvalue weighted by atomic mass is 9.95. The monoisotopic (exact) mass is 787 g/mol. The highest BCUT2D eigenvalue weighted by Crippen LogP contribution is 2.41. The quantitative estimate of drug-likeness (QED) is 0.143. The van der Waals surface area contributed by atoms with Gasteiger partial charge in [-0.1, -0.05) is 24.3 Å². The predicted octanol–water partition coefficient (Wildman–Crippen LogP) is -3.47. The second-order valence-corrected chi connectivity index (χ2v) is 16.0. The Hall–Kier alpha value is -4.56. The number of allylic oxidation sites excluding steroid dienone is 1. The fraction of sp³-hybridized carbons (Fsp3) is 0.583. The van der Waals surface area contributed by atoms with Crippen LogP contribution in [0.15, 0.2) is 29.2 Å². The highest BCUT2D eigenvalue weighted by Gasteiger charge is 2.44. The van der Waals surface area contributed by atoms with Gasteiger partial charge in [-0.3, -0.25) is 33.6 Å². The van der Waals surface area contributed by atoms with Gasteiger partial charge >= 0.3 is 0 Å². The molecule has 1 aromatic carbocycles. The van der Waals surface area contributed by atoms with E-state index >= 15 is 0 Å². The smallest absolute Gasteiger partial charge is 0.246 e. The summed E-state index contributed by atoms with van der Waals surface area (Å²) in [4.78, 5) is 98.7. The van der Waals surface area contributed by atoms with Gasteiger partial charge in [-0.15, -0.1) is 11.8 Å². The molecule has 4 aliphatic rings. The van der Waals surface area contributed by atoms with Gasteiger partial charge in [0.2, 0.25) is 41.4 Å². The minimum Gasteiger partial charge on any atom is -0.393 e. The number of rotatable bonds is 4. The van der Waals surface area contributed by atoms with E-state index in [0.29, 0.717) is 16.9 Å². The maximum absolute atomic E-state index is 14.3. The van der Waals surface area contributed by atoms with Gasteiger partial charge in [-0.05, 0) is 49.3 Å². The van der Waals surface area contributed by atoms with Gasteiger partial charge in [-0.2, -0.15) is 0 Å². The number of hydrogen-bond donors (Lipinski definition) is 10. The number of aliphatic hydroxyl groups excluding tert-OH is 3. The van der Waals surface area contributed by atoms with Crippen molar-refractivity contribution < 1.29 is 54.0 Å². The van der Waals surface area contributed by atoms with E-state index in [4.69, 9.17) is 0 Å². The van der Waals surface area contributed by atoms with E-state index in [0.717, 1.165) is 16.0 Å². The van der Waals surface area contributed by atoms with Crippen LogP contribution in [0.5, 0.6) is 0 Å². The third-order valence-corrected chi connectivity index (χ3v) is 11.4. The van der Waals surface area contributed by atoms with E-state index < -0.39 is 114 Å². The van der Waals surface area contributed by atoms with Crippen molar-refractivity contribution in [2.24, 2.45) is 0 Å². The van der Waals surface area contributed by atoms with Gasteiger partial charge in [0.15, 0.2) is 0 Å². The fourth-order valence-electron chi connectivity index (χ4n) is 7.02. The molecule has 300 valence electrons. The first kappa shape index (κ1) is 41.6. The summed E-state index contributed by atoms with van der Waals surface area (Å²) in [6.07, 6.45) is -3.05. The van der Waals surface area contributed by atoms with Crippen LogP contribution in [0.1, 0.15) is 58.1 Å². The maximum atomic E-state index is 14.3. The molecule has 7 amide bonds. The zero-order valence-corrected chi connectivity index (χ0v) is 31.8. The number of aliphatic hydroxyl groups is 4. The molecule has 3 heterocycles. The predicted molar refractivity (Wildman–Crippen MR) is 197 cm³/mol. The van der Waals surface area contributed by atoms with Crippen LogP contribution >= 0.6 is 11.8 Å². The van der Waals surface area contributed by atoms with Crippen LogP contribution in [-0.4, -0.2) is 146 Å². The zero-order chi connectivity index (χ0) is 40.4. The molecular weight excluding hydrogens is 739 g/mol. The molecule has 0 spiro atoms. The standard InChI is InChI=1S/C36H49N7O11S/c1-16-29(47)39-23-11-22-21-8-6-5-7-19(21)9-27(22)55-14-25(35(53)43-13-20(46)10-26(43)33(51)38-16)41-34(52)28(18(3)45)42-30(48)17(2)37-32(50)24(40-31(23)49)12-36(4,54)15-44/h5-8,16-18,20,23-26,28,44-46,54H,9-15H2,1-4H3,(H,37,50)(H,38,51)(H,39,47)(H,40,49)(H,41,52)(H,42,48)/t16-,17+,18-,20+,23-,24-,25+,26-,28+,36+/m0/s1. The van der Waals surface area contributed by atoms with Crippen LogP contribution in [0.4, 0.5) is 0 Å². The van der Waals surface area contributed by atoms with Crippen LogP contribution in [-0.2, 0) is 40.0 Å². The van der Waals surface area contributed by atoms with Crippen LogP contribution in [0.3, 0.4) is 0 Å². The molecule has 5 rings (SSSR count). The average Bonchev–Trinajstić information content (AvgIpc) is 3.69. The Kier molecular flexibility index (Phi) is 12.9. The van der Waals surface area contributed by atoms with Crippen LogP contribution in [0.2, 0.25) is 0 Å². The van der Waals surface area contributed by atoms with E-state index in [2.05, 4.69) is 31.9 Å². The minimum absolute atomic E-state index is 0.108. The zero-order valence-electron chi connectivity index (χ0n) is 31.0. The van der Waals surface area contributed by atoms with Crippen molar-refractivity contribution in [3.05, 3.63) is 40.3 Å². The van der Waals surface area contributed by atoms with Gasteiger partial charge < -0.3 is 57.2 Å². The molecule has 1 aliphatic carbocycles. The van der Waals surface area contributed by atoms with Gasteiger partial charge in [0.25, 0.3) is 0 Å². The van der Waals surface area contributed by atoms with Crippen molar-refractivity contribution in [1.29, 1.82) is 0 Å². The second kappa shape index (κ2) is 17.1. The summed E-state index contributed by atoms with van der Waals surface area (Å²) in [5, 5.41) is 57.1. The average molecular weight is 788 g/mol. The molecule has 19 heteroatoms. The summed E-state index contributed by atoms with van der Waals surface area (Å²) >= 11 is 1.20. The molecular formula is C36H49N7O11S. The maximum Gasteiger partial charge on any atom is 0.246 e. The molecule has 1 aromatic rings. The number of hydrogen-bond acceptors (Lipinski definition) is 12. The molecule has 18 nitrogen and oxygen atoms in total. The summed E-state index contributed by atoms with van der Waals surface area (Å²) in [6.45, 7) is 4.08. The largest absolute Gasteiger partial charge is 0.393 e. The Labute approximate surface area is 321 Å². The summed E-state index contributed by atoms with van der Waals surface area (Å²) in [7, 11) is 0. The molecule has 2 bridgehead atoms. The van der Waals surface area contributed by atoms with Gasteiger partial charge in [0, 0.05) is 38.0 Å². The molecule has 55 heavy (non-hydrogen) atoms. The number of fused-ring (bicyclic) bond motifs is 5. The van der Waals surface area contributed by atoms with E-state index in [-0.39, 0.29) is 25.1 Å². The lowest BCUT2D eigenvalue weighted by Crippen LogP contribution is -2.61. The minimum atomic E-state index is -1.89. The molecule has 0 unspecified atom stereocenters. The van der Waals surface area contributed by atoms with Gasteiger partial charge in [-0.25, -0.2) is 0 Å². The molecule has 1 fully saturated rings. The van der Waals surface area contributed by atoms with Crippen LogP contribution in [0.25, 0.3) is 5.57 Å². The summed E-state index contributed by atoms with van der Waals surface area (Å²) in [6, 6.07) is -2.43. The van der Waals surface area contributed by atoms with Crippen molar-refractivity contribution in [3.63, 3.8) is 0 Å². The van der Waals surface area contributed by atoms with Crippen molar-refractivity contribution >= 4 is 58.7 Å². The highest BCUT2D eigenvalue weighted by molar-refractivity contribution is 8.03. The lowest BCUT2D eigenvalue weighted by Gasteiger charge is -2.31. The molecule has 10 N–H and O–H groups in total. The third kappa shape index (κ3) is 9.64. The van der Waals surface area contributed by atoms with E-state index in [1.54, 1.807) is 6.07 Å². The van der Waals surface area contributed by atoms with Crippen LogP contribution < -0.4 is 31.9 Å². The Balaban J connectivity index is 1.67. The number of nitrogens with zero attached hydrogens (tertiary/aromatic N) is 1. The lowest BCUT2D eigenvalue weighted by molar-refractivity contribution is -0.142. The van der Waals surface area contributed by atoms with Crippen LogP contribution in [0, 0.1) is 0 Å². The Morgan fingerprint density at radius 3 is 2.16 bits per heavy atom. The molecule has 1 saturated heterocycles. The molecule has 10 atom stereocenters. The highest BCUT2D eigenvalue weighted by atomic mass is 32.2. The Morgan fingerprint density at radius 1 is 0.855 bits per heavy atom. The topological polar surface area (TPSA) is 276 Å². The molecule has 0 saturated carbocycles. The number of carbonyl (C=O) groups excluding carboxylic acids is 7. The first-order chi connectivity index (χ1) is 25.9. The van der Waals surface area contributed by atoms with Crippen molar-refractivity contribution in [2.45, 2.75) is 113 Å². The Bertz CT molecular complexity index is 1750. The summed E-state index contributed by atoms with van der Waals surface area (Å²) in [5.74, 6) is -6.06. The molecule has 3 aliphatic heterocycles. The van der Waals surface area contributed by atoms with Crippen molar-refractivity contribution in [2.75, 3.05) is 18.9 Å². The van der Waals surface area contributed by atoms with Gasteiger partial charge in [0.1, 0.15) is 42.3 Å². The Morgan fingerprint density at radius 2 is 1.49 bits per heavy atom. The number of benzene rings is 1. The van der Waals surface area contributed by atoms with E-state index in [1.807, 2.05) is 18.2 Å². The van der Waals surface area contributed by atoms with E-state index in [9.17, 15) is 54.0 Å².